The van der Waals surface area contributed by atoms with Crippen molar-refractivity contribution in [1.29, 1.82) is 0 Å². The number of rotatable bonds is 3. The molecule has 1 aromatic rings. The molecule has 1 heterocycles. The van der Waals surface area contributed by atoms with E-state index in [0.717, 1.165) is 42.7 Å². The number of anilines is 2. The molecular formula is C11H15BrN2O3S. The third-order valence-electron chi connectivity index (χ3n) is 2.60. The first-order valence-electron chi connectivity index (χ1n) is 5.56. The smallest absolute Gasteiger partial charge is 0.229 e. The lowest BCUT2D eigenvalue weighted by molar-refractivity contribution is 0.122. The Morgan fingerprint density at radius 1 is 1.33 bits per heavy atom. The molecule has 18 heavy (non-hydrogen) atoms. The molecule has 100 valence electrons. The molecule has 1 aliphatic heterocycles. The van der Waals surface area contributed by atoms with Crippen LogP contribution in [0.5, 0.6) is 0 Å². The number of nitrogens with zero attached hydrogens (tertiary/aromatic N) is 1. The summed E-state index contributed by atoms with van der Waals surface area (Å²) < 4.78 is 30.9. The van der Waals surface area contributed by atoms with Crippen molar-refractivity contribution in [2.45, 2.75) is 0 Å². The van der Waals surface area contributed by atoms with Gasteiger partial charge in [0.2, 0.25) is 10.0 Å². The summed E-state index contributed by atoms with van der Waals surface area (Å²) in [6.07, 6.45) is 1.14. The number of ether oxygens (including phenoxy) is 1. The maximum atomic E-state index is 11.1. The Bertz CT molecular complexity index is 527. The minimum Gasteiger partial charge on any atom is -0.378 e. The summed E-state index contributed by atoms with van der Waals surface area (Å²) in [5.41, 5.74) is 1.61. The van der Waals surface area contributed by atoms with E-state index in [1.807, 2.05) is 6.07 Å². The van der Waals surface area contributed by atoms with Crippen molar-refractivity contribution < 1.29 is 13.2 Å². The average molecular weight is 335 g/mol. The predicted octanol–water partition coefficient (Wildman–Crippen LogP) is 1.66. The maximum Gasteiger partial charge on any atom is 0.229 e. The van der Waals surface area contributed by atoms with Gasteiger partial charge in [-0.05, 0) is 34.1 Å². The molecule has 1 aromatic carbocycles. The maximum absolute atomic E-state index is 11.1. The van der Waals surface area contributed by atoms with Gasteiger partial charge in [-0.2, -0.15) is 0 Å². The van der Waals surface area contributed by atoms with Crippen LogP contribution in [0, 0.1) is 0 Å². The zero-order valence-electron chi connectivity index (χ0n) is 10.0. The number of halogens is 1. The van der Waals surface area contributed by atoms with E-state index < -0.39 is 10.0 Å². The molecule has 0 atom stereocenters. The third-order valence-corrected chi connectivity index (χ3v) is 3.84. The van der Waals surface area contributed by atoms with E-state index >= 15 is 0 Å². The van der Waals surface area contributed by atoms with E-state index in [1.54, 1.807) is 12.1 Å². The Hall–Kier alpha value is -0.790. The number of hydrogen-bond donors (Lipinski definition) is 1. The Kier molecular flexibility index (Phi) is 4.14. The van der Waals surface area contributed by atoms with Crippen LogP contribution >= 0.6 is 15.9 Å². The topological polar surface area (TPSA) is 58.6 Å². The quantitative estimate of drug-likeness (QED) is 0.913. The molecule has 1 aliphatic rings. The Morgan fingerprint density at radius 2 is 2.00 bits per heavy atom. The standard InChI is InChI=1S/C11H15BrN2O3S/c1-18(15,16)13-9-2-3-11(10(12)8-9)14-4-6-17-7-5-14/h2-3,8,13H,4-7H2,1H3. The highest BCUT2D eigenvalue weighted by molar-refractivity contribution is 9.10. The molecular weight excluding hydrogens is 320 g/mol. The summed E-state index contributed by atoms with van der Waals surface area (Å²) in [7, 11) is -3.24. The molecule has 0 aromatic heterocycles. The summed E-state index contributed by atoms with van der Waals surface area (Å²) in [5, 5.41) is 0. The van der Waals surface area contributed by atoms with Gasteiger partial charge >= 0.3 is 0 Å². The monoisotopic (exact) mass is 334 g/mol. The second-order valence-corrected chi connectivity index (χ2v) is 6.74. The third kappa shape index (κ3) is 3.60. The van der Waals surface area contributed by atoms with Crippen LogP contribution in [0.4, 0.5) is 11.4 Å². The van der Waals surface area contributed by atoms with E-state index in [9.17, 15) is 8.42 Å². The van der Waals surface area contributed by atoms with Gasteiger partial charge < -0.3 is 9.64 Å². The minimum atomic E-state index is -3.24. The SMILES string of the molecule is CS(=O)(=O)Nc1ccc(N2CCOCC2)c(Br)c1. The summed E-state index contributed by atoms with van der Waals surface area (Å²) >= 11 is 3.47. The van der Waals surface area contributed by atoms with Crippen LogP contribution in [0.3, 0.4) is 0 Å². The highest BCUT2D eigenvalue weighted by atomic mass is 79.9. The molecule has 2 rings (SSSR count). The molecule has 1 saturated heterocycles. The summed E-state index contributed by atoms with van der Waals surface area (Å²) in [4.78, 5) is 2.21. The highest BCUT2D eigenvalue weighted by Crippen LogP contribution is 2.30. The number of morpholine rings is 1. The number of benzene rings is 1. The average Bonchev–Trinajstić information content (AvgIpc) is 2.28. The van der Waals surface area contributed by atoms with Crippen molar-refractivity contribution in [1.82, 2.24) is 0 Å². The van der Waals surface area contributed by atoms with Gasteiger partial charge in [0.05, 0.1) is 25.2 Å². The molecule has 0 unspecified atom stereocenters. The first kappa shape index (κ1) is 13.6. The molecule has 0 aliphatic carbocycles. The first-order chi connectivity index (χ1) is 8.46. The number of sulfonamides is 1. The zero-order valence-corrected chi connectivity index (χ0v) is 12.4. The second-order valence-electron chi connectivity index (χ2n) is 4.14. The van der Waals surface area contributed by atoms with Crippen molar-refractivity contribution >= 4 is 37.3 Å². The molecule has 0 spiro atoms. The van der Waals surface area contributed by atoms with Gasteiger partial charge in [-0.25, -0.2) is 8.42 Å². The number of hydrogen-bond acceptors (Lipinski definition) is 4. The molecule has 1 fully saturated rings. The zero-order chi connectivity index (χ0) is 13.2. The van der Waals surface area contributed by atoms with Crippen molar-refractivity contribution in [2.75, 3.05) is 42.2 Å². The highest BCUT2D eigenvalue weighted by Gasteiger charge is 2.14. The lowest BCUT2D eigenvalue weighted by Crippen LogP contribution is -2.36. The van der Waals surface area contributed by atoms with Gasteiger partial charge in [0.15, 0.2) is 0 Å². The molecule has 5 nitrogen and oxygen atoms in total. The summed E-state index contributed by atoms with van der Waals surface area (Å²) in [6, 6.07) is 5.44. The van der Waals surface area contributed by atoms with Gasteiger partial charge in [-0.15, -0.1) is 0 Å². The fraction of sp³-hybridized carbons (Fsp3) is 0.455. The van der Waals surface area contributed by atoms with Crippen LogP contribution in [-0.4, -0.2) is 41.0 Å². The summed E-state index contributed by atoms with van der Waals surface area (Å²) in [6.45, 7) is 3.13. The Labute approximate surface area is 115 Å². The Morgan fingerprint density at radius 3 is 2.56 bits per heavy atom. The lowest BCUT2D eigenvalue weighted by atomic mass is 10.2. The van der Waals surface area contributed by atoms with Crippen molar-refractivity contribution in [3.8, 4) is 0 Å². The van der Waals surface area contributed by atoms with Crippen molar-refractivity contribution in [2.24, 2.45) is 0 Å². The van der Waals surface area contributed by atoms with Gasteiger partial charge in [0.25, 0.3) is 0 Å². The molecule has 1 N–H and O–H groups in total. The number of nitrogens with one attached hydrogen (secondary N) is 1. The lowest BCUT2D eigenvalue weighted by Gasteiger charge is -2.29. The van der Waals surface area contributed by atoms with Crippen LogP contribution in [-0.2, 0) is 14.8 Å². The molecule has 0 saturated carbocycles. The van der Waals surface area contributed by atoms with E-state index in [-0.39, 0.29) is 0 Å². The minimum absolute atomic E-state index is 0.557. The predicted molar refractivity (Wildman–Crippen MR) is 75.6 cm³/mol. The van der Waals surface area contributed by atoms with Gasteiger partial charge in [0.1, 0.15) is 0 Å². The van der Waals surface area contributed by atoms with E-state index in [4.69, 9.17) is 4.74 Å². The van der Waals surface area contributed by atoms with Gasteiger partial charge in [-0.1, -0.05) is 0 Å². The second kappa shape index (κ2) is 5.46. The first-order valence-corrected chi connectivity index (χ1v) is 8.24. The molecule has 0 amide bonds. The van der Waals surface area contributed by atoms with Crippen LogP contribution in [0.25, 0.3) is 0 Å². The molecule has 7 heteroatoms. The fourth-order valence-electron chi connectivity index (χ4n) is 1.85. The van der Waals surface area contributed by atoms with Gasteiger partial charge in [-0.3, -0.25) is 4.72 Å². The van der Waals surface area contributed by atoms with Crippen molar-refractivity contribution in [3.05, 3.63) is 22.7 Å². The molecule has 0 bridgehead atoms. The largest absolute Gasteiger partial charge is 0.378 e. The van der Waals surface area contributed by atoms with Crippen LogP contribution in [0.2, 0.25) is 0 Å². The normalized spacial score (nSPS) is 16.7. The summed E-state index contributed by atoms with van der Waals surface area (Å²) in [5.74, 6) is 0. The van der Waals surface area contributed by atoms with Crippen molar-refractivity contribution in [3.63, 3.8) is 0 Å². The van der Waals surface area contributed by atoms with Gasteiger partial charge in [0, 0.05) is 23.2 Å². The fourth-order valence-corrected chi connectivity index (χ4v) is 3.03. The van der Waals surface area contributed by atoms with Crippen LogP contribution < -0.4 is 9.62 Å². The van der Waals surface area contributed by atoms with E-state index in [1.165, 1.54) is 0 Å². The Balaban J connectivity index is 2.19. The molecule has 0 radical (unpaired) electrons. The van der Waals surface area contributed by atoms with E-state index in [2.05, 4.69) is 25.6 Å². The van der Waals surface area contributed by atoms with Crippen LogP contribution in [0.15, 0.2) is 22.7 Å². The van der Waals surface area contributed by atoms with Crippen LogP contribution in [0.1, 0.15) is 0 Å². The van der Waals surface area contributed by atoms with E-state index in [0.29, 0.717) is 5.69 Å².